The Hall–Kier alpha value is -2.08. The first-order valence-corrected chi connectivity index (χ1v) is 8.14. The Morgan fingerprint density at radius 3 is 2.65 bits per heavy atom. The fourth-order valence-electron chi connectivity index (χ4n) is 3.39. The molecule has 0 saturated carbocycles. The van der Waals surface area contributed by atoms with Crippen LogP contribution in [-0.4, -0.2) is 35.0 Å². The van der Waals surface area contributed by atoms with Gasteiger partial charge in [-0.1, -0.05) is 6.07 Å². The average molecular weight is 315 g/mol. The van der Waals surface area contributed by atoms with E-state index in [2.05, 4.69) is 34.2 Å². The van der Waals surface area contributed by atoms with E-state index in [9.17, 15) is 0 Å². The van der Waals surface area contributed by atoms with Crippen molar-refractivity contribution in [1.29, 1.82) is 0 Å². The molecule has 2 aromatic rings. The zero-order valence-corrected chi connectivity index (χ0v) is 13.5. The summed E-state index contributed by atoms with van der Waals surface area (Å²) < 4.78 is 16.5. The van der Waals surface area contributed by atoms with Gasteiger partial charge in [0.05, 0.1) is 0 Å². The van der Waals surface area contributed by atoms with Crippen molar-refractivity contribution in [3.63, 3.8) is 0 Å². The number of hydrogen-bond donors (Lipinski definition) is 0. The second-order valence-corrected chi connectivity index (χ2v) is 6.26. The fraction of sp³-hybridized carbons (Fsp3) is 0.529. The van der Waals surface area contributed by atoms with Crippen LogP contribution in [-0.2, 0) is 0 Å². The Labute approximate surface area is 135 Å². The molecule has 0 aliphatic carbocycles. The van der Waals surface area contributed by atoms with Crippen LogP contribution in [0.25, 0.3) is 0 Å². The number of benzene rings is 1. The second kappa shape index (κ2) is 5.85. The molecule has 122 valence electrons. The summed E-state index contributed by atoms with van der Waals surface area (Å²) in [4.78, 5) is 2.50. The molecule has 23 heavy (non-hydrogen) atoms. The molecule has 1 aromatic heterocycles. The lowest BCUT2D eigenvalue weighted by Gasteiger charge is -2.35. The van der Waals surface area contributed by atoms with E-state index < -0.39 is 0 Å². The van der Waals surface area contributed by atoms with Gasteiger partial charge in [-0.05, 0) is 50.6 Å². The van der Waals surface area contributed by atoms with Gasteiger partial charge in [-0.25, -0.2) is 0 Å². The van der Waals surface area contributed by atoms with E-state index in [-0.39, 0.29) is 0 Å². The molecule has 1 atom stereocenters. The third-order valence-electron chi connectivity index (χ3n) is 4.85. The number of hydrogen-bond acceptors (Lipinski definition) is 6. The largest absolute Gasteiger partial charge is 0.454 e. The molecule has 2 aliphatic rings. The van der Waals surface area contributed by atoms with Crippen molar-refractivity contribution in [3.8, 4) is 11.5 Å². The van der Waals surface area contributed by atoms with Crippen molar-refractivity contribution >= 4 is 0 Å². The fourth-order valence-corrected chi connectivity index (χ4v) is 3.39. The van der Waals surface area contributed by atoms with E-state index in [1.165, 1.54) is 5.56 Å². The molecule has 4 rings (SSSR count). The van der Waals surface area contributed by atoms with E-state index in [0.29, 0.717) is 24.6 Å². The first-order chi connectivity index (χ1) is 11.2. The van der Waals surface area contributed by atoms with Crippen LogP contribution in [0.1, 0.15) is 49.1 Å². The van der Waals surface area contributed by atoms with E-state index in [0.717, 1.165) is 43.3 Å². The molecule has 0 radical (unpaired) electrons. The van der Waals surface area contributed by atoms with Gasteiger partial charge in [0.25, 0.3) is 0 Å². The monoisotopic (exact) mass is 315 g/mol. The minimum absolute atomic E-state index is 0.322. The van der Waals surface area contributed by atoms with E-state index >= 15 is 0 Å². The van der Waals surface area contributed by atoms with Gasteiger partial charge in [0.2, 0.25) is 18.6 Å². The smallest absolute Gasteiger partial charge is 0.231 e. The minimum atomic E-state index is 0.322. The maximum Gasteiger partial charge on any atom is 0.231 e. The van der Waals surface area contributed by atoms with Crippen LogP contribution in [0.2, 0.25) is 0 Å². The second-order valence-electron chi connectivity index (χ2n) is 6.26. The number of aromatic nitrogens is 2. The molecule has 1 saturated heterocycles. The molecule has 1 fully saturated rings. The zero-order valence-electron chi connectivity index (χ0n) is 13.5. The third-order valence-corrected chi connectivity index (χ3v) is 4.85. The highest BCUT2D eigenvalue weighted by Gasteiger charge is 2.28. The Morgan fingerprint density at radius 2 is 1.91 bits per heavy atom. The molecule has 3 heterocycles. The van der Waals surface area contributed by atoms with Gasteiger partial charge in [-0.2, -0.15) is 0 Å². The number of piperidine rings is 1. The van der Waals surface area contributed by atoms with Crippen LogP contribution in [0.15, 0.2) is 22.6 Å². The summed E-state index contributed by atoms with van der Waals surface area (Å²) in [6.07, 6.45) is 2.10. The van der Waals surface area contributed by atoms with Crippen molar-refractivity contribution in [1.82, 2.24) is 15.1 Å². The van der Waals surface area contributed by atoms with E-state index in [1.54, 1.807) is 0 Å². The topological polar surface area (TPSA) is 60.6 Å². The summed E-state index contributed by atoms with van der Waals surface area (Å²) >= 11 is 0. The van der Waals surface area contributed by atoms with Crippen molar-refractivity contribution in [2.24, 2.45) is 0 Å². The molecular formula is C17H21N3O3. The summed E-state index contributed by atoms with van der Waals surface area (Å²) in [6, 6.07) is 6.59. The van der Waals surface area contributed by atoms with Gasteiger partial charge in [0.1, 0.15) is 0 Å². The molecule has 1 unspecified atom stereocenters. The van der Waals surface area contributed by atoms with Gasteiger partial charge in [-0.15, -0.1) is 10.2 Å². The van der Waals surface area contributed by atoms with Gasteiger partial charge in [-0.3, -0.25) is 4.90 Å². The van der Waals surface area contributed by atoms with Crippen molar-refractivity contribution < 1.29 is 13.9 Å². The molecule has 0 spiro atoms. The van der Waals surface area contributed by atoms with E-state index in [4.69, 9.17) is 13.9 Å². The van der Waals surface area contributed by atoms with Crippen LogP contribution in [0.5, 0.6) is 11.5 Å². The summed E-state index contributed by atoms with van der Waals surface area (Å²) in [5, 5.41) is 8.11. The predicted octanol–water partition coefficient (Wildman–Crippen LogP) is 3.05. The van der Waals surface area contributed by atoms with Crippen molar-refractivity contribution in [2.75, 3.05) is 19.9 Å². The molecule has 6 heteroatoms. The summed E-state index contributed by atoms with van der Waals surface area (Å²) in [7, 11) is 0. The number of rotatable bonds is 3. The first kappa shape index (κ1) is 14.5. The number of ether oxygens (including phenoxy) is 2. The standard InChI is InChI=1S/C17H21N3O3/c1-11(14-3-4-15-16(9-14)22-10-21-15)20-7-5-13(6-8-20)17-19-18-12(2)23-17/h3-4,9,11,13H,5-8,10H2,1-2H3. The van der Waals surface area contributed by atoms with Crippen LogP contribution >= 0.6 is 0 Å². The molecule has 1 aromatic carbocycles. The van der Waals surface area contributed by atoms with Crippen molar-refractivity contribution in [3.05, 3.63) is 35.5 Å². The molecule has 0 bridgehead atoms. The number of likely N-dealkylation sites (tertiary alicyclic amines) is 1. The Balaban J connectivity index is 1.41. The first-order valence-electron chi connectivity index (χ1n) is 8.14. The summed E-state index contributed by atoms with van der Waals surface area (Å²) in [5.41, 5.74) is 1.27. The highest BCUT2D eigenvalue weighted by Crippen LogP contribution is 2.37. The maximum absolute atomic E-state index is 5.58. The number of fused-ring (bicyclic) bond motifs is 1. The zero-order chi connectivity index (χ0) is 15.8. The highest BCUT2D eigenvalue weighted by molar-refractivity contribution is 5.45. The van der Waals surface area contributed by atoms with Crippen LogP contribution in [0, 0.1) is 6.92 Å². The molecular weight excluding hydrogens is 294 g/mol. The van der Waals surface area contributed by atoms with Gasteiger partial charge in [0, 0.05) is 18.9 Å². The molecule has 0 amide bonds. The lowest BCUT2D eigenvalue weighted by molar-refractivity contribution is 0.153. The number of aryl methyl sites for hydroxylation is 1. The van der Waals surface area contributed by atoms with Gasteiger partial charge < -0.3 is 13.9 Å². The predicted molar refractivity (Wildman–Crippen MR) is 83.6 cm³/mol. The Kier molecular flexibility index (Phi) is 3.69. The average Bonchev–Trinajstić information content (AvgIpc) is 3.22. The van der Waals surface area contributed by atoms with Crippen LogP contribution in [0.3, 0.4) is 0 Å². The third kappa shape index (κ3) is 2.79. The minimum Gasteiger partial charge on any atom is -0.454 e. The lowest BCUT2D eigenvalue weighted by Crippen LogP contribution is -2.35. The van der Waals surface area contributed by atoms with E-state index in [1.807, 2.05) is 13.0 Å². The number of nitrogens with zero attached hydrogens (tertiary/aromatic N) is 3. The van der Waals surface area contributed by atoms with Gasteiger partial charge in [0.15, 0.2) is 11.5 Å². The molecule has 2 aliphatic heterocycles. The summed E-state index contributed by atoms with van der Waals surface area (Å²) in [6.45, 7) is 6.47. The summed E-state index contributed by atoms with van der Waals surface area (Å²) in [5.74, 6) is 3.52. The molecule has 6 nitrogen and oxygen atoms in total. The highest BCUT2D eigenvalue weighted by atomic mass is 16.7. The Morgan fingerprint density at radius 1 is 1.13 bits per heavy atom. The molecule has 0 N–H and O–H groups in total. The Bertz CT molecular complexity index is 692. The maximum atomic E-state index is 5.58. The van der Waals surface area contributed by atoms with Crippen LogP contribution < -0.4 is 9.47 Å². The normalized spacial score (nSPS) is 19.9. The van der Waals surface area contributed by atoms with Gasteiger partial charge >= 0.3 is 0 Å². The SMILES string of the molecule is Cc1nnc(C2CCN(C(C)c3ccc4c(c3)OCO4)CC2)o1. The quantitative estimate of drug-likeness (QED) is 0.867. The van der Waals surface area contributed by atoms with Crippen LogP contribution in [0.4, 0.5) is 0 Å². The lowest BCUT2D eigenvalue weighted by atomic mass is 9.94. The van der Waals surface area contributed by atoms with Crippen molar-refractivity contribution in [2.45, 2.75) is 38.6 Å².